The molecule has 0 unspecified atom stereocenters. The van der Waals surface area contributed by atoms with Crippen LogP contribution in [0.4, 0.5) is 16.3 Å². The van der Waals surface area contributed by atoms with Crippen LogP contribution in [0.1, 0.15) is 50.8 Å². The van der Waals surface area contributed by atoms with Gasteiger partial charge in [0.25, 0.3) is 5.56 Å². The molecule has 0 saturated heterocycles. The van der Waals surface area contributed by atoms with E-state index in [4.69, 9.17) is 5.73 Å². The Morgan fingerprint density at radius 2 is 1.94 bits per heavy atom. The summed E-state index contributed by atoms with van der Waals surface area (Å²) in [6, 6.07) is 3.32. The molecule has 2 aromatic heterocycles. The van der Waals surface area contributed by atoms with E-state index in [2.05, 4.69) is 15.6 Å². The van der Waals surface area contributed by atoms with Crippen LogP contribution < -0.4 is 32.5 Å². The summed E-state index contributed by atoms with van der Waals surface area (Å²) in [6.45, 7) is 4.95. The predicted octanol–water partition coefficient (Wildman–Crippen LogP) is 2.05. The largest absolute Gasteiger partial charge is 0.383 e. The van der Waals surface area contributed by atoms with Crippen molar-refractivity contribution in [2.75, 3.05) is 30.3 Å². The molecule has 10 nitrogen and oxygen atoms in total. The zero-order valence-corrected chi connectivity index (χ0v) is 20.1. The van der Waals surface area contributed by atoms with Crippen LogP contribution >= 0.6 is 11.3 Å². The number of anilines is 2. The van der Waals surface area contributed by atoms with E-state index in [9.17, 15) is 19.2 Å². The first-order valence-electron chi connectivity index (χ1n) is 11.3. The summed E-state index contributed by atoms with van der Waals surface area (Å²) < 4.78 is 1.32. The molecule has 0 bridgehead atoms. The molecule has 2 heterocycles. The van der Waals surface area contributed by atoms with Gasteiger partial charge in [0, 0.05) is 24.5 Å². The lowest BCUT2D eigenvalue weighted by atomic mass is 10.2. The first-order valence-corrected chi connectivity index (χ1v) is 12.2. The summed E-state index contributed by atoms with van der Waals surface area (Å²) >= 11 is 1.60. The van der Waals surface area contributed by atoms with Crippen molar-refractivity contribution in [3.05, 3.63) is 43.2 Å². The number of nitrogens with two attached hydrogens (primary N) is 1. The van der Waals surface area contributed by atoms with E-state index in [1.54, 1.807) is 16.2 Å². The number of nitrogens with zero attached hydrogens (tertiary/aromatic N) is 2. The van der Waals surface area contributed by atoms with Crippen LogP contribution in [0.3, 0.4) is 0 Å². The smallest absolute Gasteiger partial charge is 0.330 e. The molecule has 0 aliphatic carbocycles. The number of nitrogens with one attached hydrogen (secondary N) is 3. The van der Waals surface area contributed by atoms with Crippen LogP contribution in [0, 0.1) is 0 Å². The average molecular weight is 479 g/mol. The molecule has 0 radical (unpaired) electrons. The molecule has 5 N–H and O–H groups in total. The molecule has 0 aliphatic rings. The van der Waals surface area contributed by atoms with E-state index in [0.717, 1.165) is 37.0 Å². The molecule has 3 amide bonds. The maximum atomic E-state index is 12.6. The Kier molecular flexibility index (Phi) is 10.7. The fraction of sp³-hybridized carbons (Fsp3) is 0.545. The number of aromatic amines is 1. The van der Waals surface area contributed by atoms with Gasteiger partial charge in [0.15, 0.2) is 0 Å². The average Bonchev–Trinajstić information content (AvgIpc) is 3.27. The lowest BCUT2D eigenvalue weighted by molar-refractivity contribution is -0.118. The van der Waals surface area contributed by atoms with Crippen molar-refractivity contribution in [1.82, 2.24) is 20.2 Å². The zero-order valence-electron chi connectivity index (χ0n) is 19.3. The number of nitrogen functional groups attached to an aromatic ring is 1. The number of amides is 3. The minimum Gasteiger partial charge on any atom is -0.383 e. The summed E-state index contributed by atoms with van der Waals surface area (Å²) in [5.41, 5.74) is 5.07. The van der Waals surface area contributed by atoms with Crippen molar-refractivity contribution >= 4 is 34.8 Å². The number of urea groups is 1. The van der Waals surface area contributed by atoms with Crippen LogP contribution in [0.2, 0.25) is 0 Å². The first-order chi connectivity index (χ1) is 15.9. The highest BCUT2D eigenvalue weighted by molar-refractivity contribution is 7.09. The number of carbonyl (C=O) groups excluding carboxylic acids is 2. The zero-order chi connectivity index (χ0) is 24.2. The summed E-state index contributed by atoms with van der Waals surface area (Å²) in [6.07, 6.45) is 4.82. The van der Waals surface area contributed by atoms with Gasteiger partial charge in [-0.3, -0.25) is 24.5 Å². The maximum absolute atomic E-state index is 12.6. The third-order valence-corrected chi connectivity index (χ3v) is 6.06. The first kappa shape index (κ1) is 26.2. The van der Waals surface area contributed by atoms with Crippen LogP contribution in [0.15, 0.2) is 27.1 Å². The number of thiophene rings is 1. The standard InChI is InChI=1S/C22H34N6O4S/c1-3-5-7-12-27(18-19(23)28(13-6-4-2)22(32)26-20(18)30)15-17(29)25-21(31)24-11-10-16-9-8-14-33-16/h8-9,14H,3-7,10-13,15,23H2,1-2H3,(H,26,30,32)(H2,24,25,29,31). The Hall–Kier alpha value is -3.08. The Morgan fingerprint density at radius 1 is 1.18 bits per heavy atom. The number of rotatable bonds is 13. The molecule has 182 valence electrons. The fourth-order valence-corrected chi connectivity index (χ4v) is 4.09. The minimum atomic E-state index is -0.644. The van der Waals surface area contributed by atoms with E-state index in [1.165, 1.54) is 4.57 Å². The van der Waals surface area contributed by atoms with Gasteiger partial charge < -0.3 is 16.0 Å². The fourth-order valence-electron chi connectivity index (χ4n) is 3.38. The molecule has 0 aromatic carbocycles. The highest BCUT2D eigenvalue weighted by atomic mass is 32.1. The third kappa shape index (κ3) is 8.08. The van der Waals surface area contributed by atoms with Crippen molar-refractivity contribution in [2.24, 2.45) is 0 Å². The van der Waals surface area contributed by atoms with Crippen LogP contribution in [0.5, 0.6) is 0 Å². The molecule has 0 atom stereocenters. The molecular weight excluding hydrogens is 444 g/mol. The van der Waals surface area contributed by atoms with Crippen molar-refractivity contribution in [2.45, 2.75) is 58.9 Å². The topological polar surface area (TPSA) is 142 Å². The Morgan fingerprint density at radius 3 is 2.61 bits per heavy atom. The van der Waals surface area contributed by atoms with Crippen molar-refractivity contribution in [1.29, 1.82) is 0 Å². The highest BCUT2D eigenvalue weighted by Crippen LogP contribution is 2.18. The van der Waals surface area contributed by atoms with Crippen molar-refractivity contribution in [3.63, 3.8) is 0 Å². The SMILES string of the molecule is CCCCCN(CC(=O)NC(=O)NCCc1cccs1)c1c(N)n(CCCC)c(=O)[nH]c1=O. The lowest BCUT2D eigenvalue weighted by Gasteiger charge is -2.25. The van der Waals surface area contributed by atoms with Crippen LogP contribution in [0.25, 0.3) is 0 Å². The molecule has 0 fully saturated rings. The van der Waals surface area contributed by atoms with E-state index in [0.29, 0.717) is 26.1 Å². The Labute approximate surface area is 197 Å². The monoisotopic (exact) mass is 478 g/mol. The molecular formula is C22H34N6O4S. The second-order valence-electron chi connectivity index (χ2n) is 7.76. The second kappa shape index (κ2) is 13.5. The minimum absolute atomic E-state index is 0.0295. The number of hydrogen-bond acceptors (Lipinski definition) is 7. The number of carbonyl (C=O) groups is 2. The summed E-state index contributed by atoms with van der Waals surface area (Å²) in [7, 11) is 0. The number of hydrogen-bond donors (Lipinski definition) is 4. The van der Waals surface area contributed by atoms with Gasteiger partial charge >= 0.3 is 11.7 Å². The van der Waals surface area contributed by atoms with Gasteiger partial charge in [-0.05, 0) is 30.7 Å². The van der Waals surface area contributed by atoms with Gasteiger partial charge in [0.05, 0.1) is 6.54 Å². The quantitative estimate of drug-likeness (QED) is 0.325. The number of unbranched alkanes of at least 4 members (excludes halogenated alkanes) is 3. The van der Waals surface area contributed by atoms with Gasteiger partial charge in [0.2, 0.25) is 5.91 Å². The second-order valence-corrected chi connectivity index (χ2v) is 8.79. The molecule has 2 rings (SSSR count). The Balaban J connectivity index is 2.10. The normalized spacial score (nSPS) is 10.7. The third-order valence-electron chi connectivity index (χ3n) is 5.12. The Bertz CT molecular complexity index is 1010. The van der Waals surface area contributed by atoms with E-state index < -0.39 is 23.2 Å². The molecule has 0 spiro atoms. The molecule has 0 saturated carbocycles. The summed E-state index contributed by atoms with van der Waals surface area (Å²) in [4.78, 5) is 54.5. The van der Waals surface area contributed by atoms with Crippen molar-refractivity contribution < 1.29 is 9.59 Å². The lowest BCUT2D eigenvalue weighted by Crippen LogP contribution is -2.47. The number of aromatic nitrogens is 2. The van der Waals surface area contributed by atoms with Gasteiger partial charge in [-0.25, -0.2) is 9.59 Å². The molecule has 0 aliphatic heterocycles. The maximum Gasteiger partial charge on any atom is 0.330 e. The van der Waals surface area contributed by atoms with E-state index >= 15 is 0 Å². The summed E-state index contributed by atoms with van der Waals surface area (Å²) in [5, 5.41) is 6.92. The molecule has 33 heavy (non-hydrogen) atoms. The van der Waals surface area contributed by atoms with Gasteiger partial charge in [-0.2, -0.15) is 0 Å². The van der Waals surface area contributed by atoms with Gasteiger partial charge in [0.1, 0.15) is 11.5 Å². The summed E-state index contributed by atoms with van der Waals surface area (Å²) in [5.74, 6) is -0.535. The van der Waals surface area contributed by atoms with E-state index in [1.807, 2.05) is 31.4 Å². The molecule has 11 heteroatoms. The van der Waals surface area contributed by atoms with Crippen LogP contribution in [-0.2, 0) is 17.8 Å². The number of H-pyrrole nitrogens is 1. The van der Waals surface area contributed by atoms with Crippen LogP contribution in [-0.4, -0.2) is 41.1 Å². The number of imide groups is 1. The van der Waals surface area contributed by atoms with Crippen molar-refractivity contribution in [3.8, 4) is 0 Å². The van der Waals surface area contributed by atoms with Gasteiger partial charge in [-0.1, -0.05) is 39.2 Å². The van der Waals surface area contributed by atoms with E-state index in [-0.39, 0.29) is 18.1 Å². The highest BCUT2D eigenvalue weighted by Gasteiger charge is 2.21. The molecule has 2 aromatic rings. The predicted molar refractivity (Wildman–Crippen MR) is 132 cm³/mol. The van der Waals surface area contributed by atoms with Gasteiger partial charge in [-0.15, -0.1) is 11.3 Å².